The average Bonchev–Trinajstić information content (AvgIpc) is 2.14. The highest BCUT2D eigenvalue weighted by Crippen LogP contribution is 2.28. The van der Waals surface area contributed by atoms with E-state index in [1.165, 1.54) is 6.07 Å². The molecule has 0 aromatic carbocycles. The molecule has 4 nitrogen and oxygen atoms in total. The first-order valence-electron chi connectivity index (χ1n) is 3.60. The summed E-state index contributed by atoms with van der Waals surface area (Å²) in [7, 11) is 0.385. The van der Waals surface area contributed by atoms with Crippen LogP contribution in [-0.4, -0.2) is 13.4 Å². The van der Waals surface area contributed by atoms with Crippen LogP contribution in [0.3, 0.4) is 0 Å². The molecule has 0 spiro atoms. The highest BCUT2D eigenvalue weighted by Gasteiger charge is 2.25. The van der Waals surface area contributed by atoms with Crippen LogP contribution in [0.15, 0.2) is 11.0 Å². The zero-order valence-corrected chi connectivity index (χ0v) is 8.86. The van der Waals surface area contributed by atoms with Crippen LogP contribution in [0.5, 0.6) is 0 Å². The molecule has 0 aliphatic rings. The van der Waals surface area contributed by atoms with Crippen molar-refractivity contribution >= 4 is 19.7 Å². The first kappa shape index (κ1) is 12.7. The van der Waals surface area contributed by atoms with Crippen molar-refractivity contribution in [1.82, 2.24) is 4.98 Å². The maximum absolute atomic E-state index is 12.8. The largest absolute Gasteiger partial charge is 0.281 e. The van der Waals surface area contributed by atoms with Crippen molar-refractivity contribution in [2.45, 2.75) is 11.3 Å². The third kappa shape index (κ3) is 2.43. The van der Waals surface area contributed by atoms with Gasteiger partial charge in [0.15, 0.2) is 0 Å². The molecule has 1 rings (SSSR count). The molecule has 0 bridgehead atoms. The lowest BCUT2D eigenvalue weighted by Gasteiger charge is -2.05. The van der Waals surface area contributed by atoms with E-state index in [4.69, 9.17) is 15.9 Å². The van der Waals surface area contributed by atoms with E-state index in [1.807, 2.05) is 0 Å². The minimum absolute atomic E-state index is 0.312. The number of halogens is 4. The summed E-state index contributed by atoms with van der Waals surface area (Å²) in [4.78, 5) is 1.74. The smallest absolute Gasteiger partial charge is 0.217 e. The van der Waals surface area contributed by atoms with Gasteiger partial charge in [-0.3, -0.25) is 0 Å². The molecule has 0 amide bonds. The van der Waals surface area contributed by atoms with Crippen molar-refractivity contribution in [1.29, 1.82) is 5.26 Å². The fourth-order valence-corrected chi connectivity index (χ4v) is 1.97. The van der Waals surface area contributed by atoms with Crippen molar-refractivity contribution in [2.75, 3.05) is 0 Å². The standard InChI is InChI=1S/C7H2ClF3N2O2S/c8-16(14,15)4-1-5(9)13-6(7(10)11)3(4)2-12/h1,7H. The van der Waals surface area contributed by atoms with Gasteiger partial charge in [0.25, 0.3) is 15.5 Å². The Balaban J connectivity index is 3.71. The minimum Gasteiger partial charge on any atom is -0.217 e. The molecule has 0 aliphatic heterocycles. The second-order valence-corrected chi connectivity index (χ2v) is 5.09. The Hall–Kier alpha value is -1.33. The third-order valence-corrected chi connectivity index (χ3v) is 2.91. The van der Waals surface area contributed by atoms with E-state index < -0.39 is 37.6 Å². The van der Waals surface area contributed by atoms with Crippen LogP contribution in [0, 0.1) is 17.3 Å². The molecule has 16 heavy (non-hydrogen) atoms. The number of aromatic nitrogens is 1. The van der Waals surface area contributed by atoms with Crippen LogP contribution >= 0.6 is 10.7 Å². The summed E-state index contributed by atoms with van der Waals surface area (Å²) in [5, 5.41) is 8.53. The molecule has 0 saturated carbocycles. The van der Waals surface area contributed by atoms with E-state index in [0.717, 1.165) is 0 Å². The monoisotopic (exact) mass is 270 g/mol. The van der Waals surface area contributed by atoms with Crippen molar-refractivity contribution in [3.63, 3.8) is 0 Å². The van der Waals surface area contributed by atoms with Gasteiger partial charge in [-0.1, -0.05) is 0 Å². The quantitative estimate of drug-likeness (QED) is 0.608. The highest BCUT2D eigenvalue weighted by atomic mass is 35.7. The lowest BCUT2D eigenvalue weighted by Crippen LogP contribution is -2.05. The van der Waals surface area contributed by atoms with Gasteiger partial charge in [-0.2, -0.15) is 9.65 Å². The maximum atomic E-state index is 12.8. The van der Waals surface area contributed by atoms with E-state index in [1.54, 1.807) is 0 Å². The van der Waals surface area contributed by atoms with E-state index >= 15 is 0 Å². The molecule has 0 N–H and O–H groups in total. The van der Waals surface area contributed by atoms with Crippen molar-refractivity contribution in [2.24, 2.45) is 0 Å². The Morgan fingerprint density at radius 1 is 1.50 bits per heavy atom. The normalized spacial score (nSPS) is 11.5. The van der Waals surface area contributed by atoms with E-state index in [9.17, 15) is 21.6 Å². The summed E-state index contributed by atoms with van der Waals surface area (Å²) < 4.78 is 59.3. The molecule has 0 saturated heterocycles. The van der Waals surface area contributed by atoms with Gasteiger partial charge in [0.2, 0.25) is 5.95 Å². The average molecular weight is 271 g/mol. The number of nitriles is 1. The predicted octanol–water partition coefficient (Wildman–Crippen LogP) is 1.96. The molecule has 86 valence electrons. The van der Waals surface area contributed by atoms with Gasteiger partial charge in [0.05, 0.1) is 5.56 Å². The van der Waals surface area contributed by atoms with E-state index in [2.05, 4.69) is 4.98 Å². The fourth-order valence-electron chi connectivity index (χ4n) is 0.972. The Labute approximate surface area is 92.7 Å². The van der Waals surface area contributed by atoms with E-state index in [-0.39, 0.29) is 0 Å². The predicted molar refractivity (Wildman–Crippen MR) is 46.9 cm³/mol. The van der Waals surface area contributed by atoms with Crippen LogP contribution in [0.25, 0.3) is 0 Å². The summed E-state index contributed by atoms with van der Waals surface area (Å²) in [6, 6.07) is 1.52. The van der Waals surface area contributed by atoms with Gasteiger partial charge in [-0.15, -0.1) is 0 Å². The zero-order valence-electron chi connectivity index (χ0n) is 7.29. The molecule has 1 aromatic heterocycles. The lowest BCUT2D eigenvalue weighted by atomic mass is 10.2. The summed E-state index contributed by atoms with van der Waals surface area (Å²) >= 11 is 0. The molecule has 0 aliphatic carbocycles. The molecule has 0 atom stereocenters. The SMILES string of the molecule is N#Cc1c(S(=O)(=O)Cl)cc(F)nc1C(F)F. The molecular weight excluding hydrogens is 269 g/mol. The maximum Gasteiger partial charge on any atom is 0.281 e. The number of alkyl halides is 2. The van der Waals surface area contributed by atoms with Crippen LogP contribution in [0.2, 0.25) is 0 Å². The van der Waals surface area contributed by atoms with Crippen LogP contribution in [0.1, 0.15) is 17.7 Å². The van der Waals surface area contributed by atoms with Gasteiger partial charge in [0.1, 0.15) is 16.7 Å². The Morgan fingerprint density at radius 2 is 2.06 bits per heavy atom. The molecule has 1 heterocycles. The van der Waals surface area contributed by atoms with Crippen molar-refractivity contribution < 1.29 is 21.6 Å². The van der Waals surface area contributed by atoms with Gasteiger partial charge in [-0.25, -0.2) is 22.2 Å². The van der Waals surface area contributed by atoms with Gasteiger partial charge >= 0.3 is 0 Å². The van der Waals surface area contributed by atoms with Gasteiger partial charge in [0, 0.05) is 16.7 Å². The minimum atomic E-state index is -4.49. The first-order valence-corrected chi connectivity index (χ1v) is 5.91. The second kappa shape index (κ2) is 4.27. The fraction of sp³-hybridized carbons (Fsp3) is 0.143. The molecule has 0 fully saturated rings. The summed E-state index contributed by atoms with van der Waals surface area (Å²) in [6.45, 7) is 0. The number of hydrogen-bond donors (Lipinski definition) is 0. The number of hydrogen-bond acceptors (Lipinski definition) is 4. The molecule has 0 radical (unpaired) electrons. The van der Waals surface area contributed by atoms with Crippen LogP contribution < -0.4 is 0 Å². The van der Waals surface area contributed by atoms with Crippen LogP contribution in [0.4, 0.5) is 13.2 Å². The van der Waals surface area contributed by atoms with Crippen molar-refractivity contribution in [3.05, 3.63) is 23.3 Å². The number of rotatable bonds is 2. The Kier molecular flexibility index (Phi) is 3.40. The third-order valence-electron chi connectivity index (χ3n) is 1.56. The molecule has 1 aromatic rings. The lowest BCUT2D eigenvalue weighted by molar-refractivity contribution is 0.144. The molecular formula is C7H2ClF3N2O2S. The van der Waals surface area contributed by atoms with E-state index in [0.29, 0.717) is 6.07 Å². The number of nitrogens with zero attached hydrogens (tertiary/aromatic N) is 2. The first-order chi connectivity index (χ1) is 7.27. The van der Waals surface area contributed by atoms with Gasteiger partial charge < -0.3 is 0 Å². The van der Waals surface area contributed by atoms with Crippen LogP contribution in [-0.2, 0) is 9.05 Å². The summed E-state index contributed by atoms with van der Waals surface area (Å²) in [5.74, 6) is -1.45. The number of pyridine rings is 1. The van der Waals surface area contributed by atoms with Crippen molar-refractivity contribution in [3.8, 4) is 6.07 Å². The topological polar surface area (TPSA) is 70.8 Å². The summed E-state index contributed by atoms with van der Waals surface area (Å²) in [6.07, 6.45) is -3.28. The molecule has 0 unspecified atom stereocenters. The molecule has 9 heteroatoms. The highest BCUT2D eigenvalue weighted by molar-refractivity contribution is 8.13. The zero-order chi connectivity index (χ0) is 12.5. The Bertz CT molecular complexity index is 568. The second-order valence-electron chi connectivity index (χ2n) is 2.55. The van der Waals surface area contributed by atoms with Gasteiger partial charge in [-0.05, 0) is 0 Å². The Morgan fingerprint density at radius 3 is 2.44 bits per heavy atom. The summed E-state index contributed by atoms with van der Waals surface area (Å²) in [5.41, 5.74) is -2.20.